The Labute approximate surface area is 327 Å². The van der Waals surface area contributed by atoms with Gasteiger partial charge >= 0.3 is 11.9 Å². The Morgan fingerprint density at radius 2 is 1.25 bits per heavy atom. The van der Waals surface area contributed by atoms with Gasteiger partial charge in [0.2, 0.25) is 17.7 Å². The van der Waals surface area contributed by atoms with Crippen LogP contribution in [0.3, 0.4) is 0 Å². The van der Waals surface area contributed by atoms with E-state index in [1.807, 2.05) is 41.5 Å². The molecule has 0 radical (unpaired) electrons. The van der Waals surface area contributed by atoms with Crippen LogP contribution in [0.25, 0.3) is 0 Å². The van der Waals surface area contributed by atoms with Crippen LogP contribution in [0.5, 0.6) is 0 Å². The van der Waals surface area contributed by atoms with Gasteiger partial charge in [-0.05, 0) is 79.1 Å². The third kappa shape index (κ3) is 17.1. The summed E-state index contributed by atoms with van der Waals surface area (Å²) in [5.74, 6) is 1.91. The van der Waals surface area contributed by atoms with Crippen molar-refractivity contribution in [3.05, 3.63) is 23.4 Å². The SMILES string of the molecule is COCC(=O)NCc1noc([C@H](CCCC2CCCC(NCc3noc([C@H](CCCC4CCCCC4)CC(=O)OC(C)(C)C)n3)C2)CC(=O)OC(C)(C)C)n1. The fraction of sp³-hybridized carbons (Fsp3) is 0.829. The molecule has 310 valence electrons. The van der Waals surface area contributed by atoms with E-state index in [0.717, 1.165) is 57.3 Å². The summed E-state index contributed by atoms with van der Waals surface area (Å²) >= 11 is 0. The summed E-state index contributed by atoms with van der Waals surface area (Å²) in [6.45, 7) is 11.8. The molecule has 55 heavy (non-hydrogen) atoms. The van der Waals surface area contributed by atoms with Gasteiger partial charge in [-0.15, -0.1) is 0 Å². The first kappa shape index (κ1) is 44.3. The van der Waals surface area contributed by atoms with Crippen LogP contribution in [-0.2, 0) is 41.7 Å². The van der Waals surface area contributed by atoms with Crippen LogP contribution in [-0.4, -0.2) is 69.1 Å². The minimum absolute atomic E-state index is 0.0559. The summed E-state index contributed by atoms with van der Waals surface area (Å²) in [6.07, 6.45) is 17.0. The molecule has 14 heteroatoms. The van der Waals surface area contributed by atoms with Gasteiger partial charge in [0.05, 0.1) is 25.9 Å². The molecule has 0 aromatic carbocycles. The molecular weight excluding hydrogens is 704 g/mol. The minimum atomic E-state index is -0.601. The van der Waals surface area contributed by atoms with Gasteiger partial charge in [0.15, 0.2) is 11.6 Å². The summed E-state index contributed by atoms with van der Waals surface area (Å²) in [5, 5.41) is 14.7. The van der Waals surface area contributed by atoms with Gasteiger partial charge in [0, 0.05) is 25.0 Å². The average Bonchev–Trinajstić information content (AvgIpc) is 3.79. The van der Waals surface area contributed by atoms with E-state index in [9.17, 15) is 14.4 Å². The van der Waals surface area contributed by atoms with Crippen LogP contribution in [0.1, 0.15) is 186 Å². The predicted molar refractivity (Wildman–Crippen MR) is 206 cm³/mol. The Balaban J connectivity index is 1.28. The number of rotatable bonds is 21. The molecule has 2 aliphatic carbocycles. The van der Waals surface area contributed by atoms with Crippen molar-refractivity contribution in [2.24, 2.45) is 11.8 Å². The number of carbonyl (C=O) groups excluding carboxylic acids is 3. The maximum Gasteiger partial charge on any atom is 0.307 e. The first-order valence-electron chi connectivity index (χ1n) is 20.7. The monoisotopic (exact) mass is 773 g/mol. The molecule has 4 atom stereocenters. The Morgan fingerprint density at radius 1 is 0.727 bits per heavy atom. The zero-order valence-electron chi connectivity index (χ0n) is 34.6. The number of hydrogen-bond donors (Lipinski definition) is 2. The fourth-order valence-electron chi connectivity index (χ4n) is 7.92. The Kier molecular flexibility index (Phi) is 17.6. The molecule has 0 aliphatic heterocycles. The van der Waals surface area contributed by atoms with Gasteiger partial charge in [-0.1, -0.05) is 80.9 Å². The topological polar surface area (TPSA) is 181 Å². The zero-order valence-corrected chi connectivity index (χ0v) is 34.6. The predicted octanol–water partition coefficient (Wildman–Crippen LogP) is 7.62. The summed E-state index contributed by atoms with van der Waals surface area (Å²) in [4.78, 5) is 46.8. The van der Waals surface area contributed by atoms with Gasteiger partial charge in [-0.2, -0.15) is 9.97 Å². The van der Waals surface area contributed by atoms with E-state index in [2.05, 4.69) is 25.9 Å². The molecule has 4 rings (SSSR count). The van der Waals surface area contributed by atoms with Crippen molar-refractivity contribution in [3.8, 4) is 0 Å². The van der Waals surface area contributed by atoms with Crippen molar-refractivity contribution in [2.45, 2.75) is 193 Å². The van der Waals surface area contributed by atoms with Crippen LogP contribution in [0.15, 0.2) is 9.05 Å². The zero-order chi connectivity index (χ0) is 39.8. The molecule has 2 unspecified atom stereocenters. The van der Waals surface area contributed by atoms with Crippen LogP contribution in [0, 0.1) is 11.8 Å². The van der Waals surface area contributed by atoms with E-state index >= 15 is 0 Å². The van der Waals surface area contributed by atoms with E-state index in [1.165, 1.54) is 45.6 Å². The van der Waals surface area contributed by atoms with Crippen molar-refractivity contribution in [2.75, 3.05) is 13.7 Å². The maximum atomic E-state index is 12.9. The van der Waals surface area contributed by atoms with Gasteiger partial charge in [0.25, 0.3) is 0 Å². The molecule has 2 N–H and O–H groups in total. The van der Waals surface area contributed by atoms with Crippen molar-refractivity contribution >= 4 is 17.8 Å². The van der Waals surface area contributed by atoms with Gasteiger partial charge < -0.3 is 33.9 Å². The number of nitrogens with one attached hydrogen (secondary N) is 2. The number of esters is 2. The molecule has 0 saturated heterocycles. The van der Waals surface area contributed by atoms with Crippen LogP contribution in [0.2, 0.25) is 0 Å². The highest BCUT2D eigenvalue weighted by molar-refractivity contribution is 5.77. The molecule has 2 aromatic rings. The molecule has 0 bridgehead atoms. The number of methoxy groups -OCH3 is 1. The van der Waals surface area contributed by atoms with Gasteiger partial charge in [-0.25, -0.2) is 0 Å². The lowest BCUT2D eigenvalue weighted by atomic mass is 9.82. The van der Waals surface area contributed by atoms with Crippen molar-refractivity contribution in [1.29, 1.82) is 0 Å². The molecule has 1 amide bonds. The van der Waals surface area contributed by atoms with E-state index in [1.54, 1.807) is 0 Å². The highest BCUT2D eigenvalue weighted by atomic mass is 16.6. The second kappa shape index (κ2) is 21.8. The fourth-order valence-corrected chi connectivity index (χ4v) is 7.92. The van der Waals surface area contributed by atoms with Crippen molar-refractivity contribution in [1.82, 2.24) is 30.9 Å². The molecule has 2 aromatic heterocycles. The van der Waals surface area contributed by atoms with Crippen molar-refractivity contribution < 1.29 is 37.6 Å². The first-order chi connectivity index (χ1) is 26.2. The highest BCUT2D eigenvalue weighted by Gasteiger charge is 2.29. The summed E-state index contributed by atoms with van der Waals surface area (Å²) in [7, 11) is 1.45. The summed E-state index contributed by atoms with van der Waals surface area (Å²) in [6, 6.07) is 0.332. The molecule has 2 aliphatic rings. The lowest BCUT2D eigenvalue weighted by Gasteiger charge is -2.30. The molecule has 2 fully saturated rings. The van der Waals surface area contributed by atoms with Gasteiger partial charge in [0.1, 0.15) is 17.8 Å². The van der Waals surface area contributed by atoms with E-state index in [0.29, 0.717) is 48.4 Å². The number of aromatic nitrogens is 4. The molecule has 2 heterocycles. The van der Waals surface area contributed by atoms with Crippen LogP contribution in [0.4, 0.5) is 0 Å². The molecule has 0 spiro atoms. The number of carbonyl (C=O) groups is 3. The second-order valence-electron chi connectivity index (χ2n) is 17.8. The standard InChI is InChI=1S/C41H68N6O8/c1-40(2,3)52-36(49)23-30(19-11-16-28-14-9-8-10-15-28)38-44-33(46-54-38)25-42-32-21-13-18-29(22-32)17-12-20-31(24-37(50)53-41(4,5)6)39-45-34(47-55-39)26-43-35(48)27-51-7/h28-32,42H,8-27H2,1-7H3,(H,43,48)/t29?,30-,31-,32?/m1/s1. The smallest absolute Gasteiger partial charge is 0.307 e. The normalized spacial score (nSPS) is 19.5. The summed E-state index contributed by atoms with van der Waals surface area (Å²) in [5.41, 5.74) is -1.15. The average molecular weight is 773 g/mol. The summed E-state index contributed by atoms with van der Waals surface area (Å²) < 4.78 is 27.5. The third-order valence-electron chi connectivity index (χ3n) is 10.4. The Morgan fingerprint density at radius 3 is 1.80 bits per heavy atom. The Hall–Kier alpha value is -3.39. The number of ether oxygens (including phenoxy) is 3. The number of nitrogens with zero attached hydrogens (tertiary/aromatic N) is 4. The van der Waals surface area contributed by atoms with E-state index < -0.39 is 11.2 Å². The molecule has 2 saturated carbocycles. The van der Waals surface area contributed by atoms with Crippen molar-refractivity contribution in [3.63, 3.8) is 0 Å². The number of hydrogen-bond acceptors (Lipinski definition) is 13. The second-order valence-corrected chi connectivity index (χ2v) is 17.8. The van der Waals surface area contributed by atoms with Gasteiger partial charge in [-0.3, -0.25) is 14.4 Å². The number of amides is 1. The third-order valence-corrected chi connectivity index (χ3v) is 10.4. The van der Waals surface area contributed by atoms with E-state index in [4.69, 9.17) is 28.2 Å². The quantitative estimate of drug-likeness (QED) is 0.118. The largest absolute Gasteiger partial charge is 0.460 e. The molecule has 14 nitrogen and oxygen atoms in total. The minimum Gasteiger partial charge on any atom is -0.460 e. The van der Waals surface area contributed by atoms with E-state index in [-0.39, 0.29) is 55.7 Å². The molecular formula is C41H68N6O8. The highest BCUT2D eigenvalue weighted by Crippen LogP contribution is 2.34. The lowest BCUT2D eigenvalue weighted by Crippen LogP contribution is -2.34. The first-order valence-corrected chi connectivity index (χ1v) is 20.7. The van der Waals surface area contributed by atoms with Crippen LogP contribution >= 0.6 is 0 Å². The Bertz CT molecular complexity index is 1460. The lowest BCUT2D eigenvalue weighted by molar-refractivity contribution is -0.156. The van der Waals surface area contributed by atoms with Crippen LogP contribution < -0.4 is 10.6 Å². The maximum absolute atomic E-state index is 12.9.